The van der Waals surface area contributed by atoms with E-state index in [0.29, 0.717) is 30.2 Å². The van der Waals surface area contributed by atoms with Gasteiger partial charge in [0.25, 0.3) is 0 Å². The van der Waals surface area contributed by atoms with Gasteiger partial charge in [0.1, 0.15) is 11.8 Å². The van der Waals surface area contributed by atoms with Gasteiger partial charge in [0.05, 0.1) is 21.3 Å². The van der Waals surface area contributed by atoms with Gasteiger partial charge in [0.15, 0.2) is 11.5 Å². The first-order chi connectivity index (χ1) is 10.6. The van der Waals surface area contributed by atoms with Crippen LogP contribution in [0.4, 0.5) is 0 Å². The minimum Gasteiger partial charge on any atom is -0.496 e. The molecule has 0 aliphatic heterocycles. The second kappa shape index (κ2) is 9.42. The first kappa shape index (κ1) is 18.4. The molecule has 1 unspecified atom stereocenters. The van der Waals surface area contributed by atoms with E-state index in [4.69, 9.17) is 14.2 Å². The molecule has 0 saturated heterocycles. The van der Waals surface area contributed by atoms with Crippen LogP contribution in [0, 0.1) is 0 Å². The van der Waals surface area contributed by atoms with Crippen LogP contribution in [0.5, 0.6) is 17.2 Å². The lowest BCUT2D eigenvalue weighted by Crippen LogP contribution is -2.36. The quantitative estimate of drug-likeness (QED) is 0.680. The van der Waals surface area contributed by atoms with Crippen LogP contribution in [-0.4, -0.2) is 50.5 Å². The monoisotopic (exact) mass is 329 g/mol. The van der Waals surface area contributed by atoms with Gasteiger partial charge in [-0.05, 0) is 24.5 Å². The third-order valence-electron chi connectivity index (χ3n) is 3.23. The largest absolute Gasteiger partial charge is 0.496 e. The van der Waals surface area contributed by atoms with Crippen LogP contribution in [0.2, 0.25) is 0 Å². The zero-order chi connectivity index (χ0) is 16.5. The molecule has 1 rings (SSSR count). The van der Waals surface area contributed by atoms with Gasteiger partial charge in [0.2, 0.25) is 0 Å². The Labute approximate surface area is 135 Å². The van der Waals surface area contributed by atoms with Crippen molar-refractivity contribution in [3.63, 3.8) is 0 Å². The maximum atomic E-state index is 11.3. The molecule has 0 fully saturated rings. The maximum absolute atomic E-state index is 11.3. The van der Waals surface area contributed by atoms with Crippen LogP contribution >= 0.6 is 11.8 Å². The van der Waals surface area contributed by atoms with Crippen LogP contribution in [0.25, 0.3) is 0 Å². The Hall–Kier alpha value is -1.60. The molecule has 22 heavy (non-hydrogen) atoms. The highest BCUT2D eigenvalue weighted by Crippen LogP contribution is 2.34. The zero-order valence-corrected chi connectivity index (χ0v) is 14.2. The van der Waals surface area contributed by atoms with E-state index in [2.05, 4.69) is 5.32 Å². The molecule has 1 atom stereocenters. The van der Waals surface area contributed by atoms with E-state index in [1.54, 1.807) is 45.2 Å². The van der Waals surface area contributed by atoms with Gasteiger partial charge in [-0.3, -0.25) is 4.79 Å². The molecule has 2 N–H and O–H groups in total. The summed E-state index contributed by atoms with van der Waals surface area (Å²) >= 11 is 1.62. The highest BCUT2D eigenvalue weighted by molar-refractivity contribution is 7.98. The summed E-state index contributed by atoms with van der Waals surface area (Å²) in [6, 6.07) is 2.93. The van der Waals surface area contributed by atoms with Crippen LogP contribution in [0.3, 0.4) is 0 Å². The van der Waals surface area contributed by atoms with Gasteiger partial charge in [-0.15, -0.1) is 0 Å². The van der Waals surface area contributed by atoms with Crippen molar-refractivity contribution in [1.82, 2.24) is 5.32 Å². The number of carboxylic acids is 1. The smallest absolute Gasteiger partial charge is 0.320 e. The summed E-state index contributed by atoms with van der Waals surface area (Å²) in [4.78, 5) is 11.3. The van der Waals surface area contributed by atoms with Crippen molar-refractivity contribution in [2.24, 2.45) is 0 Å². The van der Waals surface area contributed by atoms with E-state index in [0.717, 1.165) is 11.3 Å². The molecular weight excluding hydrogens is 306 g/mol. The summed E-state index contributed by atoms with van der Waals surface area (Å²) in [6.07, 6.45) is 2.52. The number of hydrogen-bond donors (Lipinski definition) is 2. The number of carbonyl (C=O) groups is 1. The topological polar surface area (TPSA) is 77.0 Å². The number of thioether (sulfide) groups is 1. The summed E-state index contributed by atoms with van der Waals surface area (Å²) in [6.45, 7) is 0.370. The van der Waals surface area contributed by atoms with E-state index in [1.165, 1.54) is 0 Å². The molecule has 0 radical (unpaired) electrons. The van der Waals surface area contributed by atoms with Gasteiger partial charge >= 0.3 is 5.97 Å². The molecule has 0 spiro atoms. The van der Waals surface area contributed by atoms with Crippen molar-refractivity contribution in [3.05, 3.63) is 17.7 Å². The zero-order valence-electron chi connectivity index (χ0n) is 13.3. The number of nitrogens with one attached hydrogen (secondary N) is 1. The highest BCUT2D eigenvalue weighted by atomic mass is 32.2. The number of benzene rings is 1. The second-order valence-electron chi connectivity index (χ2n) is 4.57. The molecule has 7 heteroatoms. The van der Waals surface area contributed by atoms with Crippen LogP contribution in [-0.2, 0) is 11.3 Å². The summed E-state index contributed by atoms with van der Waals surface area (Å²) in [5, 5.41) is 12.3. The van der Waals surface area contributed by atoms with E-state index in [1.807, 2.05) is 6.26 Å². The molecule has 0 aromatic heterocycles. The van der Waals surface area contributed by atoms with Gasteiger partial charge in [0, 0.05) is 18.2 Å². The highest BCUT2D eigenvalue weighted by Gasteiger charge is 2.18. The van der Waals surface area contributed by atoms with Crippen molar-refractivity contribution in [2.75, 3.05) is 33.3 Å². The SMILES string of the molecule is COc1cc(OC)c(OC)cc1CNC(CCSC)C(=O)O. The van der Waals surface area contributed by atoms with Crippen molar-refractivity contribution in [2.45, 2.75) is 19.0 Å². The Balaban J connectivity index is 2.88. The Kier molecular flexibility index (Phi) is 7.90. The van der Waals surface area contributed by atoms with Gasteiger partial charge in [-0.25, -0.2) is 0 Å². The van der Waals surface area contributed by atoms with Crippen molar-refractivity contribution in [3.8, 4) is 17.2 Å². The summed E-state index contributed by atoms with van der Waals surface area (Å²) in [7, 11) is 4.67. The third kappa shape index (κ3) is 4.99. The summed E-state index contributed by atoms with van der Waals surface area (Å²) in [5.74, 6) is 1.71. The van der Waals surface area contributed by atoms with E-state index >= 15 is 0 Å². The Morgan fingerprint density at radius 1 is 1.18 bits per heavy atom. The van der Waals surface area contributed by atoms with E-state index < -0.39 is 12.0 Å². The molecule has 0 bridgehead atoms. The predicted octanol–water partition coefficient (Wildman–Crippen LogP) is 2.01. The molecule has 0 amide bonds. The fourth-order valence-corrected chi connectivity index (χ4v) is 2.48. The molecule has 0 aliphatic rings. The molecule has 0 aliphatic carbocycles. The van der Waals surface area contributed by atoms with Gasteiger partial charge < -0.3 is 24.6 Å². The van der Waals surface area contributed by atoms with Crippen LogP contribution in [0.15, 0.2) is 12.1 Å². The summed E-state index contributed by atoms with van der Waals surface area (Å²) < 4.78 is 15.8. The second-order valence-corrected chi connectivity index (χ2v) is 5.56. The maximum Gasteiger partial charge on any atom is 0.320 e. The van der Waals surface area contributed by atoms with Crippen LogP contribution < -0.4 is 19.5 Å². The van der Waals surface area contributed by atoms with Crippen LogP contribution in [0.1, 0.15) is 12.0 Å². The Bertz CT molecular complexity index is 495. The molecular formula is C15H23NO5S. The minimum atomic E-state index is -0.853. The normalized spacial score (nSPS) is 11.8. The fraction of sp³-hybridized carbons (Fsp3) is 0.533. The minimum absolute atomic E-state index is 0.370. The fourth-order valence-electron chi connectivity index (χ4n) is 2.01. The number of aliphatic carboxylic acids is 1. The average Bonchev–Trinajstić information content (AvgIpc) is 2.53. The predicted molar refractivity (Wildman–Crippen MR) is 87.4 cm³/mol. The Morgan fingerprint density at radius 3 is 2.27 bits per heavy atom. The van der Waals surface area contributed by atoms with Crippen molar-refractivity contribution < 1.29 is 24.1 Å². The number of methoxy groups -OCH3 is 3. The molecule has 124 valence electrons. The molecule has 0 heterocycles. The number of carboxylic acid groups (broad SMARTS) is 1. The molecule has 1 aromatic carbocycles. The third-order valence-corrected chi connectivity index (χ3v) is 3.88. The van der Waals surface area contributed by atoms with Crippen molar-refractivity contribution in [1.29, 1.82) is 0 Å². The summed E-state index contributed by atoms with van der Waals surface area (Å²) in [5.41, 5.74) is 0.815. The first-order valence-corrected chi connectivity index (χ1v) is 8.20. The average molecular weight is 329 g/mol. The van der Waals surface area contributed by atoms with E-state index in [-0.39, 0.29) is 0 Å². The van der Waals surface area contributed by atoms with Gasteiger partial charge in [-0.1, -0.05) is 0 Å². The molecule has 0 saturated carbocycles. The lowest BCUT2D eigenvalue weighted by atomic mass is 10.1. The lowest BCUT2D eigenvalue weighted by Gasteiger charge is -2.17. The number of ether oxygens (including phenoxy) is 3. The van der Waals surface area contributed by atoms with E-state index in [9.17, 15) is 9.90 Å². The number of rotatable bonds is 10. The number of hydrogen-bond acceptors (Lipinski definition) is 6. The van der Waals surface area contributed by atoms with Crippen molar-refractivity contribution >= 4 is 17.7 Å². The molecule has 6 nitrogen and oxygen atoms in total. The molecule has 1 aromatic rings. The first-order valence-electron chi connectivity index (χ1n) is 6.81. The Morgan fingerprint density at radius 2 is 1.77 bits per heavy atom. The lowest BCUT2D eigenvalue weighted by molar-refractivity contribution is -0.139. The standard InChI is InChI=1S/C15H23NO5S/c1-19-12-8-14(21-3)13(20-2)7-10(12)9-16-11(15(17)18)5-6-22-4/h7-8,11,16H,5-6,9H2,1-4H3,(H,17,18). The van der Waals surface area contributed by atoms with Gasteiger partial charge in [-0.2, -0.15) is 11.8 Å².